The number of fused-ring (bicyclic) bond motifs is 1. The van der Waals surface area contributed by atoms with Gasteiger partial charge < -0.3 is 4.84 Å². The van der Waals surface area contributed by atoms with Crippen molar-refractivity contribution in [2.24, 2.45) is 5.16 Å². The zero-order valence-electron chi connectivity index (χ0n) is 14.8. The van der Waals surface area contributed by atoms with Crippen molar-refractivity contribution in [2.45, 2.75) is 33.1 Å². The van der Waals surface area contributed by atoms with Crippen LogP contribution < -0.4 is 0 Å². The van der Waals surface area contributed by atoms with E-state index in [1.54, 1.807) is 17.5 Å². The molecule has 0 spiro atoms. The molecule has 0 aliphatic heterocycles. The van der Waals surface area contributed by atoms with Gasteiger partial charge in [-0.15, -0.1) is 11.3 Å². The molecule has 0 fully saturated rings. The number of oxime groups is 1. The molecule has 0 N–H and O–H groups in total. The normalized spacial score (nSPS) is 15.1. The fraction of sp³-hybridized carbons (Fsp3) is 0.316. The van der Waals surface area contributed by atoms with Crippen LogP contribution in [0, 0.1) is 6.92 Å². The van der Waals surface area contributed by atoms with Crippen LogP contribution in [0.1, 0.15) is 36.8 Å². The van der Waals surface area contributed by atoms with Gasteiger partial charge in [0.1, 0.15) is 28.7 Å². The van der Waals surface area contributed by atoms with E-state index in [4.69, 9.17) is 14.8 Å². The minimum absolute atomic E-state index is 0.550. The maximum Gasteiger partial charge on any atom is 0.125 e. The first-order valence-electron chi connectivity index (χ1n) is 8.69. The zero-order chi connectivity index (χ0) is 17.9. The third-order valence-electron chi connectivity index (χ3n) is 4.19. The summed E-state index contributed by atoms with van der Waals surface area (Å²) in [6.45, 7) is 4.48. The fourth-order valence-corrected chi connectivity index (χ4v) is 3.97. The zero-order valence-corrected chi connectivity index (χ0v) is 15.6. The quantitative estimate of drug-likeness (QED) is 0.652. The minimum atomic E-state index is 0.550. The van der Waals surface area contributed by atoms with Crippen LogP contribution in [0.2, 0.25) is 0 Å². The first kappa shape index (κ1) is 16.8. The van der Waals surface area contributed by atoms with Crippen LogP contribution in [0.4, 0.5) is 0 Å². The van der Waals surface area contributed by atoms with Crippen molar-refractivity contribution in [3.8, 4) is 21.1 Å². The summed E-state index contributed by atoms with van der Waals surface area (Å²) in [6.07, 6.45) is 8.25. The highest BCUT2D eigenvalue weighted by Gasteiger charge is 2.21. The number of thiazole rings is 1. The molecule has 0 saturated heterocycles. The lowest BCUT2D eigenvalue weighted by molar-refractivity contribution is 0.158. The van der Waals surface area contributed by atoms with Gasteiger partial charge in [-0.2, -0.15) is 0 Å². The largest absolute Gasteiger partial charge is 0.396 e. The highest BCUT2D eigenvalue weighted by atomic mass is 32.1. The Bertz CT molecular complexity index is 952. The molecule has 1 aliphatic rings. The lowest BCUT2D eigenvalue weighted by atomic mass is 9.98. The van der Waals surface area contributed by atoms with Crippen molar-refractivity contribution in [3.05, 3.63) is 47.8 Å². The van der Waals surface area contributed by atoms with Gasteiger partial charge >= 0.3 is 0 Å². The van der Waals surface area contributed by atoms with Gasteiger partial charge in [0.2, 0.25) is 0 Å². The van der Waals surface area contributed by atoms with Crippen molar-refractivity contribution >= 4 is 17.0 Å². The minimum Gasteiger partial charge on any atom is -0.396 e. The molecule has 0 amide bonds. The van der Waals surface area contributed by atoms with Gasteiger partial charge in [-0.3, -0.25) is 9.97 Å². The Morgan fingerprint density at radius 2 is 2.15 bits per heavy atom. The molecule has 132 valence electrons. The summed E-state index contributed by atoms with van der Waals surface area (Å²) in [5.74, 6) is 0. The van der Waals surface area contributed by atoms with E-state index >= 15 is 0 Å². The van der Waals surface area contributed by atoms with E-state index in [2.05, 4.69) is 15.1 Å². The molecule has 0 aromatic carbocycles. The van der Waals surface area contributed by atoms with Crippen LogP contribution in [-0.2, 0) is 11.3 Å². The van der Waals surface area contributed by atoms with Crippen molar-refractivity contribution < 1.29 is 4.84 Å². The van der Waals surface area contributed by atoms with Gasteiger partial charge in [0, 0.05) is 18.0 Å². The standard InChI is InChI=1S/C19H19N5OS/c1-3-25-24-15-8-4-7-14-17(15)23-16(11-21-14)18-12(2)22-19(26-18)13-6-5-9-20-10-13/h5-6,9-11H,3-4,7-8H2,1-2H3. The molecule has 0 bridgehead atoms. The summed E-state index contributed by atoms with van der Waals surface area (Å²) in [7, 11) is 0. The first-order chi connectivity index (χ1) is 12.8. The van der Waals surface area contributed by atoms with Gasteiger partial charge in [0.15, 0.2) is 0 Å². The van der Waals surface area contributed by atoms with E-state index in [9.17, 15) is 0 Å². The smallest absolute Gasteiger partial charge is 0.125 e. The van der Waals surface area contributed by atoms with Crippen molar-refractivity contribution in [3.63, 3.8) is 0 Å². The van der Waals surface area contributed by atoms with Gasteiger partial charge in [0.25, 0.3) is 0 Å². The topological polar surface area (TPSA) is 73.2 Å². The summed E-state index contributed by atoms with van der Waals surface area (Å²) >= 11 is 1.61. The van der Waals surface area contributed by atoms with E-state index in [-0.39, 0.29) is 0 Å². The molecule has 0 unspecified atom stereocenters. The van der Waals surface area contributed by atoms with Crippen molar-refractivity contribution in [1.29, 1.82) is 0 Å². The summed E-state index contributed by atoms with van der Waals surface area (Å²) in [4.78, 5) is 24.7. The van der Waals surface area contributed by atoms with Crippen LogP contribution in [0.25, 0.3) is 21.1 Å². The number of hydrogen-bond donors (Lipinski definition) is 0. The maximum atomic E-state index is 5.26. The van der Waals surface area contributed by atoms with Crippen LogP contribution in [0.5, 0.6) is 0 Å². The van der Waals surface area contributed by atoms with Gasteiger partial charge in [-0.25, -0.2) is 9.97 Å². The van der Waals surface area contributed by atoms with Crippen LogP contribution in [0.15, 0.2) is 35.9 Å². The number of hydrogen-bond acceptors (Lipinski definition) is 7. The highest BCUT2D eigenvalue weighted by molar-refractivity contribution is 7.18. The van der Waals surface area contributed by atoms with Gasteiger partial charge in [-0.1, -0.05) is 5.16 Å². The SMILES string of the molecule is CCON=C1CCCc2ncc(-c3sc(-c4cccnc4)nc3C)nc21. The average molecular weight is 365 g/mol. The van der Waals surface area contributed by atoms with E-state index in [1.807, 2.05) is 38.4 Å². The molecule has 0 radical (unpaired) electrons. The van der Waals surface area contributed by atoms with Gasteiger partial charge in [0.05, 0.1) is 22.5 Å². The van der Waals surface area contributed by atoms with Crippen LogP contribution in [0.3, 0.4) is 0 Å². The molecule has 4 rings (SSSR count). The molecule has 7 heteroatoms. The lowest BCUT2D eigenvalue weighted by Gasteiger charge is -2.16. The molecule has 6 nitrogen and oxygen atoms in total. The second kappa shape index (κ2) is 7.29. The van der Waals surface area contributed by atoms with Crippen molar-refractivity contribution in [1.82, 2.24) is 19.9 Å². The Morgan fingerprint density at radius 1 is 1.23 bits per heavy atom. The first-order valence-corrected chi connectivity index (χ1v) is 9.51. The highest BCUT2D eigenvalue weighted by Crippen LogP contribution is 2.34. The van der Waals surface area contributed by atoms with Crippen LogP contribution >= 0.6 is 11.3 Å². The summed E-state index contributed by atoms with van der Waals surface area (Å²) in [5.41, 5.74) is 5.53. The Morgan fingerprint density at radius 3 is 2.96 bits per heavy atom. The third kappa shape index (κ3) is 3.22. The van der Waals surface area contributed by atoms with Crippen LogP contribution in [-0.4, -0.2) is 32.3 Å². The predicted octanol–water partition coefficient (Wildman–Crippen LogP) is 4.05. The van der Waals surface area contributed by atoms with Gasteiger partial charge in [-0.05, 0) is 45.2 Å². The Balaban J connectivity index is 1.74. The molecule has 0 saturated carbocycles. The molecular weight excluding hydrogens is 346 g/mol. The molecule has 26 heavy (non-hydrogen) atoms. The second-order valence-corrected chi connectivity index (χ2v) is 7.03. The molecule has 3 heterocycles. The number of rotatable bonds is 4. The fourth-order valence-electron chi connectivity index (χ4n) is 2.96. The summed E-state index contributed by atoms with van der Waals surface area (Å²) in [6, 6.07) is 3.93. The summed E-state index contributed by atoms with van der Waals surface area (Å²) in [5, 5.41) is 5.18. The van der Waals surface area contributed by atoms with E-state index < -0.39 is 0 Å². The molecule has 3 aromatic heterocycles. The predicted molar refractivity (Wildman–Crippen MR) is 102 cm³/mol. The third-order valence-corrected chi connectivity index (χ3v) is 5.42. The Kier molecular flexibility index (Phi) is 4.71. The number of aryl methyl sites for hydroxylation is 2. The second-order valence-electron chi connectivity index (χ2n) is 6.04. The lowest BCUT2D eigenvalue weighted by Crippen LogP contribution is -2.16. The molecule has 3 aromatic rings. The maximum absolute atomic E-state index is 5.26. The van der Waals surface area contributed by atoms with E-state index in [1.165, 1.54) is 0 Å². The van der Waals surface area contributed by atoms with E-state index in [0.29, 0.717) is 6.61 Å². The summed E-state index contributed by atoms with van der Waals surface area (Å²) < 4.78 is 0. The van der Waals surface area contributed by atoms with E-state index in [0.717, 1.165) is 63.2 Å². The molecular formula is C19H19N5OS. The molecule has 0 atom stereocenters. The molecule has 1 aliphatic carbocycles. The Hall–Kier alpha value is -2.67. The number of aromatic nitrogens is 4. The monoisotopic (exact) mass is 365 g/mol. The van der Waals surface area contributed by atoms with Crippen molar-refractivity contribution in [2.75, 3.05) is 6.61 Å². The average Bonchev–Trinajstić information content (AvgIpc) is 3.08. The number of nitrogens with zero attached hydrogens (tertiary/aromatic N) is 5. The number of pyridine rings is 1. The Labute approximate surface area is 156 Å².